The maximum atomic E-state index is 13.1. The van der Waals surface area contributed by atoms with Gasteiger partial charge in [-0.15, -0.1) is 0 Å². The molecule has 0 spiro atoms. The fourth-order valence-corrected chi connectivity index (χ4v) is 3.55. The summed E-state index contributed by atoms with van der Waals surface area (Å²) in [6.07, 6.45) is -3.24. The minimum atomic E-state index is -4.54. The van der Waals surface area contributed by atoms with Crippen molar-refractivity contribution in [1.82, 2.24) is 19.7 Å². The lowest BCUT2D eigenvalue weighted by Crippen LogP contribution is -2.44. The SMILES string of the molecule is Cc1nc(NCc2ccc(OCc3cn(C)nc3C(F)(F)F)cc2)nc2c1NC(=O)[C@H](C)N2C.S. The number of aromatic nitrogens is 4. The Morgan fingerprint density at radius 1 is 1.17 bits per heavy atom. The van der Waals surface area contributed by atoms with Crippen molar-refractivity contribution < 1.29 is 22.7 Å². The van der Waals surface area contributed by atoms with E-state index in [1.807, 2.05) is 0 Å². The van der Waals surface area contributed by atoms with Crippen molar-refractivity contribution in [2.75, 3.05) is 22.6 Å². The Morgan fingerprint density at radius 3 is 2.51 bits per heavy atom. The number of halogens is 3. The second-order valence-corrected chi connectivity index (χ2v) is 8.07. The van der Waals surface area contributed by atoms with Crippen LogP contribution in [0.5, 0.6) is 5.75 Å². The van der Waals surface area contributed by atoms with Crippen molar-refractivity contribution in [3.63, 3.8) is 0 Å². The van der Waals surface area contributed by atoms with Gasteiger partial charge >= 0.3 is 6.18 Å². The molecule has 2 N–H and O–H groups in total. The highest BCUT2D eigenvalue weighted by Gasteiger charge is 2.37. The van der Waals surface area contributed by atoms with E-state index in [-0.39, 0.29) is 37.6 Å². The molecule has 13 heteroatoms. The van der Waals surface area contributed by atoms with Crippen molar-refractivity contribution in [3.8, 4) is 5.75 Å². The second-order valence-electron chi connectivity index (χ2n) is 8.07. The highest BCUT2D eigenvalue weighted by atomic mass is 32.1. The average Bonchev–Trinajstić information content (AvgIpc) is 3.17. The Hall–Kier alpha value is -3.48. The van der Waals surface area contributed by atoms with Crippen LogP contribution in [-0.2, 0) is 31.2 Å². The minimum absolute atomic E-state index is 0. The molecule has 9 nitrogen and oxygen atoms in total. The van der Waals surface area contributed by atoms with Crippen LogP contribution in [0.2, 0.25) is 0 Å². The van der Waals surface area contributed by atoms with Crippen LogP contribution in [-0.4, -0.2) is 38.7 Å². The van der Waals surface area contributed by atoms with E-state index in [1.54, 1.807) is 50.1 Å². The fourth-order valence-electron chi connectivity index (χ4n) is 3.55. The van der Waals surface area contributed by atoms with E-state index in [1.165, 1.54) is 13.2 Å². The molecule has 0 bridgehead atoms. The molecule has 188 valence electrons. The van der Waals surface area contributed by atoms with Gasteiger partial charge < -0.3 is 20.3 Å². The Bertz CT molecular complexity index is 1210. The van der Waals surface area contributed by atoms with Crippen LogP contribution in [0.25, 0.3) is 0 Å². The normalized spacial score (nSPS) is 15.2. The van der Waals surface area contributed by atoms with Gasteiger partial charge in [0.1, 0.15) is 24.1 Å². The Kier molecular flexibility index (Phi) is 7.48. The number of nitrogens with one attached hydrogen (secondary N) is 2. The highest BCUT2D eigenvalue weighted by Crippen LogP contribution is 2.33. The molecule has 0 radical (unpaired) electrons. The number of fused-ring (bicyclic) bond motifs is 1. The number of likely N-dealkylation sites (N-methyl/N-ethyl adjacent to an activating group) is 1. The molecule has 1 amide bonds. The van der Waals surface area contributed by atoms with Gasteiger partial charge in [-0.25, -0.2) is 4.98 Å². The summed E-state index contributed by atoms with van der Waals surface area (Å²) >= 11 is 0. The van der Waals surface area contributed by atoms with E-state index in [0.29, 0.717) is 35.4 Å². The summed E-state index contributed by atoms with van der Waals surface area (Å²) in [5, 5.41) is 9.48. The molecule has 0 aliphatic carbocycles. The first-order valence-corrected chi connectivity index (χ1v) is 10.5. The number of anilines is 3. The first kappa shape index (κ1) is 26.1. The third-order valence-corrected chi connectivity index (χ3v) is 5.55. The van der Waals surface area contributed by atoms with Crippen LogP contribution in [0.4, 0.5) is 30.6 Å². The smallest absolute Gasteiger partial charge is 0.435 e. The number of amides is 1. The first-order valence-electron chi connectivity index (χ1n) is 10.5. The number of carbonyl (C=O) groups is 1. The van der Waals surface area contributed by atoms with E-state index in [2.05, 4.69) is 25.7 Å². The molecule has 1 atom stereocenters. The lowest BCUT2D eigenvalue weighted by Gasteiger charge is -2.32. The monoisotopic (exact) mass is 509 g/mol. The summed E-state index contributed by atoms with van der Waals surface area (Å²) in [5.41, 5.74) is 1.17. The van der Waals surface area contributed by atoms with Gasteiger partial charge in [0.2, 0.25) is 11.9 Å². The fraction of sp³-hybridized carbons (Fsp3) is 0.364. The molecule has 0 saturated heterocycles. The molecule has 0 fully saturated rings. The third-order valence-electron chi connectivity index (χ3n) is 5.55. The van der Waals surface area contributed by atoms with Gasteiger partial charge in [0.25, 0.3) is 0 Å². The summed E-state index contributed by atoms with van der Waals surface area (Å²) in [6.45, 7) is 3.77. The molecule has 0 saturated carbocycles. The zero-order chi connectivity index (χ0) is 24.6. The quantitative estimate of drug-likeness (QED) is 0.524. The largest absolute Gasteiger partial charge is 0.489 e. The van der Waals surface area contributed by atoms with Crippen LogP contribution in [0, 0.1) is 6.92 Å². The van der Waals surface area contributed by atoms with E-state index < -0.39 is 11.9 Å². The Morgan fingerprint density at radius 2 is 1.86 bits per heavy atom. The van der Waals surface area contributed by atoms with E-state index >= 15 is 0 Å². The predicted molar refractivity (Wildman–Crippen MR) is 130 cm³/mol. The molecule has 2 aromatic heterocycles. The number of ether oxygens (including phenoxy) is 1. The van der Waals surface area contributed by atoms with E-state index in [0.717, 1.165) is 10.2 Å². The minimum Gasteiger partial charge on any atom is -0.489 e. The maximum Gasteiger partial charge on any atom is 0.435 e. The first-order chi connectivity index (χ1) is 16.0. The van der Waals surface area contributed by atoms with E-state index in [9.17, 15) is 18.0 Å². The summed E-state index contributed by atoms with van der Waals surface area (Å²) in [7, 11) is 3.24. The lowest BCUT2D eigenvalue weighted by atomic mass is 10.2. The maximum absolute atomic E-state index is 13.1. The molecular formula is C22H26F3N7O2S. The molecule has 35 heavy (non-hydrogen) atoms. The third kappa shape index (κ3) is 5.61. The second kappa shape index (κ2) is 10.0. The van der Waals surface area contributed by atoms with Gasteiger partial charge in [-0.2, -0.15) is 36.7 Å². The lowest BCUT2D eigenvalue weighted by molar-refractivity contribution is -0.142. The van der Waals surface area contributed by atoms with Crippen LogP contribution < -0.4 is 20.3 Å². The topological polar surface area (TPSA) is 97.2 Å². The van der Waals surface area contributed by atoms with Crippen molar-refractivity contribution in [1.29, 1.82) is 0 Å². The zero-order valence-corrected chi connectivity index (χ0v) is 20.6. The summed E-state index contributed by atoms with van der Waals surface area (Å²) in [4.78, 5) is 22.8. The molecular weight excluding hydrogens is 483 g/mol. The standard InChI is InChI=1S/C22H24F3N7O2.H2S/c1-12-17-19(32(4)13(2)20(33)28-17)29-21(27-12)26-9-14-5-7-16(8-6-14)34-11-15-10-31(3)30-18(15)22(23,24)25;/h5-8,10,13H,9,11H2,1-4H3,(H,28,33)(H,26,27,29);1H2/t13-;/m0./s1. The highest BCUT2D eigenvalue weighted by molar-refractivity contribution is 7.59. The number of hydrogen-bond acceptors (Lipinski definition) is 7. The van der Waals surface area contributed by atoms with Gasteiger partial charge in [0.15, 0.2) is 11.5 Å². The number of benzene rings is 1. The zero-order valence-electron chi connectivity index (χ0n) is 19.6. The van der Waals surface area contributed by atoms with Crippen molar-refractivity contribution >= 4 is 36.9 Å². The van der Waals surface area contributed by atoms with Crippen LogP contribution in [0.3, 0.4) is 0 Å². The average molecular weight is 510 g/mol. The van der Waals surface area contributed by atoms with Crippen molar-refractivity contribution in [3.05, 3.63) is 53.0 Å². The Labute approximate surface area is 207 Å². The summed E-state index contributed by atoms with van der Waals surface area (Å²) < 4.78 is 45.9. The van der Waals surface area contributed by atoms with Gasteiger partial charge in [-0.1, -0.05) is 12.1 Å². The summed E-state index contributed by atoms with van der Waals surface area (Å²) in [6, 6.07) is 6.63. The molecule has 4 rings (SSSR count). The van der Waals surface area contributed by atoms with Crippen molar-refractivity contribution in [2.45, 2.75) is 39.2 Å². The van der Waals surface area contributed by atoms with Gasteiger partial charge in [-0.05, 0) is 31.5 Å². The van der Waals surface area contributed by atoms with Crippen LogP contribution >= 0.6 is 13.5 Å². The molecule has 3 heterocycles. The molecule has 0 unspecified atom stereocenters. The molecule has 1 aliphatic rings. The van der Waals surface area contributed by atoms with Gasteiger partial charge in [-0.3, -0.25) is 9.48 Å². The molecule has 1 aromatic carbocycles. The van der Waals surface area contributed by atoms with Gasteiger partial charge in [0.05, 0.1) is 5.69 Å². The van der Waals surface area contributed by atoms with E-state index in [4.69, 9.17) is 4.74 Å². The van der Waals surface area contributed by atoms with Crippen LogP contribution in [0.15, 0.2) is 30.5 Å². The molecule has 1 aliphatic heterocycles. The number of rotatable bonds is 6. The number of aryl methyl sites for hydroxylation is 2. The molecule has 3 aromatic rings. The number of nitrogens with zero attached hydrogens (tertiary/aromatic N) is 5. The van der Waals surface area contributed by atoms with Crippen molar-refractivity contribution in [2.24, 2.45) is 7.05 Å². The number of carbonyl (C=O) groups excluding carboxylic acids is 1. The predicted octanol–water partition coefficient (Wildman–Crippen LogP) is 3.62. The van der Waals surface area contributed by atoms with Gasteiger partial charge in [0, 0.05) is 32.4 Å². The Balaban J connectivity index is 0.00000342. The summed E-state index contributed by atoms with van der Waals surface area (Å²) in [5.74, 6) is 1.39. The van der Waals surface area contributed by atoms with Crippen LogP contribution in [0.1, 0.15) is 29.4 Å². The number of hydrogen-bond donors (Lipinski definition) is 2. The number of alkyl halides is 3.